The van der Waals surface area contributed by atoms with E-state index in [9.17, 15) is 4.79 Å². The molecular formula is C13H18N2OS. The van der Waals surface area contributed by atoms with Crippen molar-refractivity contribution in [3.63, 3.8) is 0 Å². The van der Waals surface area contributed by atoms with Crippen LogP contribution >= 0.6 is 11.5 Å². The molecule has 0 bridgehead atoms. The van der Waals surface area contributed by atoms with Crippen LogP contribution in [0.25, 0.3) is 10.1 Å². The highest BCUT2D eigenvalue weighted by Crippen LogP contribution is 2.17. The Bertz CT molecular complexity index is 556. The summed E-state index contributed by atoms with van der Waals surface area (Å²) in [6.45, 7) is 3.98. The molecule has 1 aromatic heterocycles. The van der Waals surface area contributed by atoms with Crippen LogP contribution in [0.2, 0.25) is 0 Å². The van der Waals surface area contributed by atoms with Crippen molar-refractivity contribution in [1.29, 1.82) is 0 Å². The second-order valence-electron chi connectivity index (χ2n) is 4.82. The third-order valence-electron chi connectivity index (χ3n) is 2.71. The zero-order valence-electron chi connectivity index (χ0n) is 10.5. The van der Waals surface area contributed by atoms with Gasteiger partial charge in [0.1, 0.15) is 0 Å². The Balaban J connectivity index is 2.25. The summed E-state index contributed by atoms with van der Waals surface area (Å²) < 4.78 is 2.95. The van der Waals surface area contributed by atoms with E-state index in [0.717, 1.165) is 23.2 Å². The third-order valence-corrected chi connectivity index (χ3v) is 3.79. The van der Waals surface area contributed by atoms with Crippen molar-refractivity contribution in [2.24, 2.45) is 5.92 Å². The van der Waals surface area contributed by atoms with Gasteiger partial charge >= 0.3 is 0 Å². The number of nitrogens with zero attached hydrogens (tertiary/aromatic N) is 2. The average molecular weight is 250 g/mol. The predicted molar refractivity (Wildman–Crippen MR) is 73.8 cm³/mol. The summed E-state index contributed by atoms with van der Waals surface area (Å²) in [4.78, 5) is 14.3. The highest BCUT2D eigenvalue weighted by atomic mass is 32.1. The van der Waals surface area contributed by atoms with Gasteiger partial charge in [0.15, 0.2) is 0 Å². The van der Waals surface area contributed by atoms with E-state index in [0.29, 0.717) is 5.92 Å². The van der Waals surface area contributed by atoms with E-state index in [1.807, 2.05) is 28.2 Å². The predicted octanol–water partition coefficient (Wildman–Crippen LogP) is 2.26. The minimum atomic E-state index is 0.149. The summed E-state index contributed by atoms with van der Waals surface area (Å²) in [6, 6.07) is 7.81. The van der Waals surface area contributed by atoms with Crippen LogP contribution in [0.5, 0.6) is 0 Å². The van der Waals surface area contributed by atoms with E-state index in [-0.39, 0.29) is 5.56 Å². The van der Waals surface area contributed by atoms with Crippen LogP contribution in [-0.4, -0.2) is 29.5 Å². The minimum absolute atomic E-state index is 0.149. The summed E-state index contributed by atoms with van der Waals surface area (Å²) in [5.41, 5.74) is 0.149. The fraction of sp³-hybridized carbons (Fsp3) is 0.462. The lowest BCUT2D eigenvalue weighted by molar-refractivity contribution is 0.319. The maximum absolute atomic E-state index is 12.1. The molecule has 1 aromatic carbocycles. The summed E-state index contributed by atoms with van der Waals surface area (Å²) in [5, 5.41) is 0.842. The molecule has 92 valence electrons. The number of hydrogen-bond donors (Lipinski definition) is 0. The Kier molecular flexibility index (Phi) is 3.64. The largest absolute Gasteiger partial charge is 0.309 e. The second kappa shape index (κ2) is 5.02. The van der Waals surface area contributed by atoms with E-state index < -0.39 is 0 Å². The maximum Gasteiger partial charge on any atom is 0.268 e. The molecule has 2 aromatic rings. The number of fused-ring (bicyclic) bond motifs is 1. The summed E-state index contributed by atoms with van der Waals surface area (Å²) in [5.74, 6) is 0.482. The first-order valence-electron chi connectivity index (χ1n) is 5.81. The first kappa shape index (κ1) is 12.3. The Hall–Kier alpha value is -1.13. The first-order chi connectivity index (χ1) is 8.08. The van der Waals surface area contributed by atoms with Crippen molar-refractivity contribution in [2.45, 2.75) is 13.5 Å². The van der Waals surface area contributed by atoms with Gasteiger partial charge in [0.05, 0.1) is 10.1 Å². The van der Waals surface area contributed by atoms with Crippen molar-refractivity contribution in [3.8, 4) is 0 Å². The van der Waals surface area contributed by atoms with Gasteiger partial charge in [0.2, 0.25) is 0 Å². The molecule has 17 heavy (non-hydrogen) atoms. The molecule has 0 amide bonds. The molecule has 0 saturated heterocycles. The van der Waals surface area contributed by atoms with E-state index in [2.05, 4.69) is 25.9 Å². The first-order valence-corrected chi connectivity index (χ1v) is 6.59. The van der Waals surface area contributed by atoms with Crippen LogP contribution in [-0.2, 0) is 6.54 Å². The monoisotopic (exact) mass is 250 g/mol. The van der Waals surface area contributed by atoms with Gasteiger partial charge in [-0.2, -0.15) is 0 Å². The quantitative estimate of drug-likeness (QED) is 0.831. The van der Waals surface area contributed by atoms with Gasteiger partial charge in [-0.25, -0.2) is 0 Å². The maximum atomic E-state index is 12.1. The van der Waals surface area contributed by atoms with Gasteiger partial charge in [0, 0.05) is 13.1 Å². The van der Waals surface area contributed by atoms with Gasteiger partial charge < -0.3 is 4.90 Å². The van der Waals surface area contributed by atoms with Crippen LogP contribution in [0.15, 0.2) is 29.1 Å². The van der Waals surface area contributed by atoms with E-state index in [4.69, 9.17) is 0 Å². The molecule has 1 atom stereocenters. The van der Waals surface area contributed by atoms with Crippen molar-refractivity contribution >= 4 is 21.6 Å². The van der Waals surface area contributed by atoms with Crippen LogP contribution in [0.4, 0.5) is 0 Å². The van der Waals surface area contributed by atoms with E-state index >= 15 is 0 Å². The van der Waals surface area contributed by atoms with Crippen molar-refractivity contribution in [2.75, 3.05) is 20.6 Å². The van der Waals surface area contributed by atoms with Crippen molar-refractivity contribution in [3.05, 3.63) is 34.6 Å². The smallest absolute Gasteiger partial charge is 0.268 e. The van der Waals surface area contributed by atoms with Gasteiger partial charge in [-0.1, -0.05) is 30.6 Å². The fourth-order valence-corrected chi connectivity index (χ4v) is 3.24. The van der Waals surface area contributed by atoms with Crippen LogP contribution in [0, 0.1) is 5.92 Å². The van der Waals surface area contributed by atoms with Crippen LogP contribution in [0.1, 0.15) is 6.92 Å². The SMILES string of the molecule is C[C@H](CN(C)C)Cn1sc2ccccc2c1=O. The Morgan fingerprint density at radius 2 is 2.06 bits per heavy atom. The van der Waals surface area contributed by atoms with E-state index in [1.54, 1.807) is 11.5 Å². The zero-order valence-corrected chi connectivity index (χ0v) is 11.3. The van der Waals surface area contributed by atoms with Crippen molar-refractivity contribution in [1.82, 2.24) is 8.86 Å². The Morgan fingerprint density at radius 1 is 1.35 bits per heavy atom. The number of hydrogen-bond acceptors (Lipinski definition) is 3. The Labute approximate surface area is 105 Å². The lowest BCUT2D eigenvalue weighted by atomic mass is 10.2. The number of aromatic nitrogens is 1. The fourth-order valence-electron chi connectivity index (χ4n) is 2.10. The molecule has 0 fully saturated rings. The summed E-state index contributed by atoms with van der Waals surface area (Å²) >= 11 is 1.56. The third kappa shape index (κ3) is 2.76. The second-order valence-corrected chi connectivity index (χ2v) is 5.88. The molecule has 1 heterocycles. The lowest BCUT2D eigenvalue weighted by Gasteiger charge is -2.16. The van der Waals surface area contributed by atoms with Crippen LogP contribution < -0.4 is 5.56 Å². The Morgan fingerprint density at radius 3 is 2.71 bits per heavy atom. The van der Waals surface area contributed by atoms with Gasteiger partial charge in [0.25, 0.3) is 5.56 Å². The molecule has 0 unspecified atom stereocenters. The van der Waals surface area contributed by atoms with E-state index in [1.165, 1.54) is 0 Å². The summed E-state index contributed by atoms with van der Waals surface area (Å²) in [7, 11) is 4.12. The molecule has 2 rings (SSSR count). The van der Waals surface area contributed by atoms with Gasteiger partial charge in [-0.3, -0.25) is 8.75 Å². The molecule has 0 saturated carbocycles. The molecule has 0 radical (unpaired) electrons. The molecule has 3 nitrogen and oxygen atoms in total. The van der Waals surface area contributed by atoms with Gasteiger partial charge in [-0.15, -0.1) is 0 Å². The highest BCUT2D eigenvalue weighted by molar-refractivity contribution is 7.13. The highest BCUT2D eigenvalue weighted by Gasteiger charge is 2.10. The standard InChI is InChI=1S/C13H18N2OS/c1-10(8-14(2)3)9-15-13(16)11-6-4-5-7-12(11)17-15/h4-7,10H,8-9H2,1-3H3/t10-/m1/s1. The molecule has 0 aliphatic heterocycles. The molecular weight excluding hydrogens is 232 g/mol. The molecule has 0 N–H and O–H groups in total. The number of rotatable bonds is 4. The summed E-state index contributed by atoms with van der Waals surface area (Å²) in [6.07, 6.45) is 0. The lowest BCUT2D eigenvalue weighted by Crippen LogP contribution is -2.25. The topological polar surface area (TPSA) is 25.2 Å². The number of benzene rings is 1. The normalized spacial score (nSPS) is 13.4. The minimum Gasteiger partial charge on any atom is -0.309 e. The van der Waals surface area contributed by atoms with Crippen LogP contribution in [0.3, 0.4) is 0 Å². The average Bonchev–Trinajstić information content (AvgIpc) is 2.55. The molecule has 0 aliphatic rings. The zero-order chi connectivity index (χ0) is 12.4. The molecule has 0 aliphatic carbocycles. The van der Waals surface area contributed by atoms with Gasteiger partial charge in [-0.05, 0) is 32.1 Å². The molecule has 0 spiro atoms. The van der Waals surface area contributed by atoms with Crippen molar-refractivity contribution < 1.29 is 0 Å². The molecule has 4 heteroatoms.